The number of carboxylic acid groups (broad SMARTS) is 1. The fraction of sp³-hybridized carbons (Fsp3) is 0.429. The maximum Gasteiger partial charge on any atom is 0.311 e. The second kappa shape index (κ2) is 4.49. The van der Waals surface area contributed by atoms with Gasteiger partial charge in [-0.2, -0.15) is 0 Å². The Bertz CT molecular complexity index is 193. The molecule has 0 rings (SSSR count). The molecule has 0 saturated heterocycles. The summed E-state index contributed by atoms with van der Waals surface area (Å²) in [5.74, 6) is -1.86. The summed E-state index contributed by atoms with van der Waals surface area (Å²) in [4.78, 5) is 20.6. The molecule has 0 aromatic heterocycles. The molecule has 0 saturated carbocycles. The van der Waals surface area contributed by atoms with E-state index in [1.54, 1.807) is 6.92 Å². The number of carbonyl (C=O) groups excluding carboxylic acids is 1. The number of allylic oxidation sites excluding steroid dienone is 2. The maximum atomic E-state index is 10.6. The van der Waals surface area contributed by atoms with Crippen molar-refractivity contribution in [1.82, 2.24) is 0 Å². The number of aliphatic hydroxyl groups excluding tert-OH is 1. The predicted octanol–water partition coefficient (Wildman–Crippen LogP) is 0.882. The zero-order chi connectivity index (χ0) is 8.85. The van der Waals surface area contributed by atoms with E-state index in [9.17, 15) is 9.59 Å². The fourth-order valence-electron chi connectivity index (χ4n) is 0.488. The van der Waals surface area contributed by atoms with E-state index < -0.39 is 18.2 Å². The van der Waals surface area contributed by atoms with Gasteiger partial charge in [-0.15, -0.1) is 0 Å². The first kappa shape index (κ1) is 9.68. The Morgan fingerprint density at radius 3 is 2.27 bits per heavy atom. The van der Waals surface area contributed by atoms with Crippen molar-refractivity contribution in [3.63, 3.8) is 0 Å². The van der Waals surface area contributed by atoms with Crippen LogP contribution in [0.1, 0.15) is 19.8 Å². The van der Waals surface area contributed by atoms with E-state index in [-0.39, 0.29) is 5.76 Å². The normalized spacial score (nSPS) is 11.2. The lowest BCUT2D eigenvalue weighted by Gasteiger charge is -1.91. The summed E-state index contributed by atoms with van der Waals surface area (Å²) < 4.78 is 0. The third kappa shape index (κ3) is 5.14. The number of hydrogen-bond acceptors (Lipinski definition) is 3. The van der Waals surface area contributed by atoms with E-state index in [2.05, 4.69) is 0 Å². The van der Waals surface area contributed by atoms with Gasteiger partial charge in [0, 0.05) is 12.5 Å². The minimum Gasteiger partial charge on any atom is -0.512 e. The third-order valence-corrected chi connectivity index (χ3v) is 1.02. The average Bonchev–Trinajstić information content (AvgIpc) is 1.85. The van der Waals surface area contributed by atoms with Crippen LogP contribution in [-0.4, -0.2) is 22.0 Å². The summed E-state index contributed by atoms with van der Waals surface area (Å²) in [5.41, 5.74) is 0. The number of aliphatic carboxylic acids is 1. The van der Waals surface area contributed by atoms with Gasteiger partial charge in [-0.1, -0.05) is 6.92 Å². The quantitative estimate of drug-likeness (QED) is 0.362. The molecule has 4 heteroatoms. The second-order valence-corrected chi connectivity index (χ2v) is 2.03. The van der Waals surface area contributed by atoms with Gasteiger partial charge < -0.3 is 10.2 Å². The Labute approximate surface area is 64.2 Å². The number of ketones is 1. The lowest BCUT2D eigenvalue weighted by atomic mass is 10.2. The van der Waals surface area contributed by atoms with Gasteiger partial charge in [0.25, 0.3) is 0 Å². The van der Waals surface area contributed by atoms with Crippen LogP contribution in [0.4, 0.5) is 0 Å². The molecule has 0 bridgehead atoms. The second-order valence-electron chi connectivity index (χ2n) is 2.03. The highest BCUT2D eigenvalue weighted by Crippen LogP contribution is 1.96. The monoisotopic (exact) mass is 158 g/mol. The highest BCUT2D eigenvalue weighted by atomic mass is 16.4. The highest BCUT2D eigenvalue weighted by Gasteiger charge is 2.04. The molecule has 62 valence electrons. The van der Waals surface area contributed by atoms with E-state index in [1.807, 2.05) is 0 Å². The van der Waals surface area contributed by atoms with Crippen LogP contribution in [0, 0.1) is 0 Å². The molecule has 0 radical (unpaired) electrons. The molecule has 11 heavy (non-hydrogen) atoms. The topological polar surface area (TPSA) is 74.6 Å². The van der Waals surface area contributed by atoms with Gasteiger partial charge in [-0.05, 0) is 0 Å². The van der Waals surface area contributed by atoms with Crippen LogP contribution in [0.2, 0.25) is 0 Å². The van der Waals surface area contributed by atoms with Crippen LogP contribution in [-0.2, 0) is 9.59 Å². The summed E-state index contributed by atoms with van der Waals surface area (Å²) in [6.07, 6.45) is 0.712. The molecule has 0 aromatic carbocycles. The summed E-state index contributed by atoms with van der Waals surface area (Å²) in [6.45, 7) is 1.67. The molecule has 0 aliphatic carbocycles. The minimum atomic E-state index is -1.19. The van der Waals surface area contributed by atoms with Crippen LogP contribution in [0.3, 0.4) is 0 Å². The average molecular weight is 158 g/mol. The molecule has 2 N–H and O–H groups in total. The number of aliphatic hydroxyl groups is 1. The Balaban J connectivity index is 3.96. The number of carboxylic acids is 1. The third-order valence-electron chi connectivity index (χ3n) is 1.02. The molecular formula is C7H10O4. The van der Waals surface area contributed by atoms with Gasteiger partial charge >= 0.3 is 5.97 Å². The van der Waals surface area contributed by atoms with E-state index in [0.717, 1.165) is 6.08 Å². The molecule has 0 unspecified atom stereocenters. The van der Waals surface area contributed by atoms with Crippen LogP contribution >= 0.6 is 0 Å². The molecule has 0 heterocycles. The molecule has 0 atom stereocenters. The van der Waals surface area contributed by atoms with Crippen molar-refractivity contribution in [3.8, 4) is 0 Å². The lowest BCUT2D eigenvalue weighted by molar-refractivity contribution is -0.139. The van der Waals surface area contributed by atoms with Crippen LogP contribution < -0.4 is 0 Å². The Morgan fingerprint density at radius 2 is 1.91 bits per heavy atom. The van der Waals surface area contributed by atoms with Crippen molar-refractivity contribution >= 4 is 11.8 Å². The Hall–Kier alpha value is -1.32. The molecule has 0 aromatic rings. The smallest absolute Gasteiger partial charge is 0.311 e. The molecular weight excluding hydrogens is 148 g/mol. The SMILES string of the molecule is CCC(O)=CC(=O)CC(=O)O. The number of rotatable bonds is 4. The molecule has 0 amide bonds. The Morgan fingerprint density at radius 1 is 1.36 bits per heavy atom. The number of hydrogen-bond donors (Lipinski definition) is 2. The summed E-state index contributed by atoms with van der Waals surface area (Å²) in [7, 11) is 0. The molecule has 0 spiro atoms. The largest absolute Gasteiger partial charge is 0.512 e. The maximum absolute atomic E-state index is 10.6. The highest BCUT2D eigenvalue weighted by molar-refractivity contribution is 6.01. The first-order valence-electron chi connectivity index (χ1n) is 3.20. The zero-order valence-electron chi connectivity index (χ0n) is 6.20. The van der Waals surface area contributed by atoms with Gasteiger partial charge in [-0.3, -0.25) is 9.59 Å². The van der Waals surface area contributed by atoms with Crippen LogP contribution in [0.15, 0.2) is 11.8 Å². The summed E-state index contributed by atoms with van der Waals surface area (Å²) >= 11 is 0. The van der Waals surface area contributed by atoms with Crippen molar-refractivity contribution in [1.29, 1.82) is 0 Å². The number of carbonyl (C=O) groups is 2. The van der Waals surface area contributed by atoms with Gasteiger partial charge in [0.05, 0.1) is 5.76 Å². The molecule has 4 nitrogen and oxygen atoms in total. The van der Waals surface area contributed by atoms with Gasteiger partial charge in [-0.25, -0.2) is 0 Å². The van der Waals surface area contributed by atoms with Crippen molar-refractivity contribution in [2.45, 2.75) is 19.8 Å². The lowest BCUT2D eigenvalue weighted by Crippen LogP contribution is -2.04. The van der Waals surface area contributed by atoms with E-state index in [1.165, 1.54) is 0 Å². The van der Waals surface area contributed by atoms with Crippen molar-refractivity contribution in [3.05, 3.63) is 11.8 Å². The molecule has 0 aliphatic heterocycles. The zero-order valence-corrected chi connectivity index (χ0v) is 6.20. The van der Waals surface area contributed by atoms with E-state index in [0.29, 0.717) is 6.42 Å². The van der Waals surface area contributed by atoms with E-state index >= 15 is 0 Å². The van der Waals surface area contributed by atoms with Gasteiger partial charge in [0.2, 0.25) is 0 Å². The predicted molar refractivity (Wildman–Crippen MR) is 38.3 cm³/mol. The molecule has 0 fully saturated rings. The van der Waals surface area contributed by atoms with Crippen molar-refractivity contribution < 1.29 is 19.8 Å². The van der Waals surface area contributed by atoms with Crippen molar-refractivity contribution in [2.24, 2.45) is 0 Å². The Kier molecular flexibility index (Phi) is 3.95. The summed E-state index contributed by atoms with van der Waals surface area (Å²) in [6, 6.07) is 0. The van der Waals surface area contributed by atoms with Crippen LogP contribution in [0.5, 0.6) is 0 Å². The van der Waals surface area contributed by atoms with Crippen LogP contribution in [0.25, 0.3) is 0 Å². The first-order chi connectivity index (χ1) is 5.06. The fourth-order valence-corrected chi connectivity index (χ4v) is 0.488. The minimum absolute atomic E-state index is 0.0868. The summed E-state index contributed by atoms with van der Waals surface area (Å²) in [5, 5.41) is 16.9. The van der Waals surface area contributed by atoms with Gasteiger partial charge in [0.1, 0.15) is 6.42 Å². The first-order valence-corrected chi connectivity index (χ1v) is 3.20. The molecule has 0 aliphatic rings. The van der Waals surface area contributed by atoms with E-state index in [4.69, 9.17) is 10.2 Å². The van der Waals surface area contributed by atoms with Gasteiger partial charge in [0.15, 0.2) is 5.78 Å². The van der Waals surface area contributed by atoms with Crippen molar-refractivity contribution in [2.75, 3.05) is 0 Å². The standard InChI is InChI=1S/C7H10O4/c1-2-5(8)3-6(9)4-7(10)11/h3,8H,2,4H2,1H3,(H,10,11).